The average molecular weight is 470 g/mol. The molecule has 0 bridgehead atoms. The van der Waals surface area contributed by atoms with Crippen molar-refractivity contribution in [2.75, 3.05) is 33.2 Å². The van der Waals surface area contributed by atoms with E-state index in [0.717, 1.165) is 5.69 Å². The number of anilines is 1. The number of aliphatic imine (C=N–C) groups is 1. The summed E-state index contributed by atoms with van der Waals surface area (Å²) in [7, 11) is 6.89. The number of allylic oxidation sites excluding steroid dienone is 3. The highest BCUT2D eigenvalue weighted by Gasteiger charge is 2.26. The van der Waals surface area contributed by atoms with Crippen LogP contribution in [-0.4, -0.2) is 45.7 Å². The van der Waals surface area contributed by atoms with E-state index in [0.29, 0.717) is 28.5 Å². The monoisotopic (exact) mass is 469 g/mol. The molecule has 0 aromatic heterocycles. The minimum Gasteiger partial charge on any atom is -0.497 e. The number of nitrogens with zero attached hydrogens (tertiary/aromatic N) is 2. The molecule has 0 aliphatic heterocycles. The third-order valence-corrected chi connectivity index (χ3v) is 5.37. The minimum atomic E-state index is -0.500. The average Bonchev–Trinajstić information content (AvgIpc) is 2.80. The number of amides is 1. The van der Waals surface area contributed by atoms with Gasteiger partial charge in [0.1, 0.15) is 11.5 Å². The molecule has 7 nitrogen and oxygen atoms in total. The molecule has 0 saturated heterocycles. The SMILES string of the molecule is C.COc1cc(OC)cc(C(=O)NC2=CC(=Nc3ccc(N(C)C)cc3)C(C)=C(Cl)C2=O)c1. The molecule has 0 atom stereocenters. The van der Waals surface area contributed by atoms with Gasteiger partial charge >= 0.3 is 0 Å². The third-order valence-electron chi connectivity index (χ3n) is 4.92. The number of hydrogen-bond acceptors (Lipinski definition) is 6. The predicted molar refractivity (Wildman–Crippen MR) is 133 cm³/mol. The van der Waals surface area contributed by atoms with Crippen molar-refractivity contribution in [1.82, 2.24) is 5.32 Å². The van der Waals surface area contributed by atoms with Crippen LogP contribution in [0.4, 0.5) is 11.4 Å². The lowest BCUT2D eigenvalue weighted by Crippen LogP contribution is -2.31. The molecule has 1 aliphatic rings. The third kappa shape index (κ3) is 5.81. The summed E-state index contributed by atoms with van der Waals surface area (Å²) in [5.74, 6) is -0.0684. The van der Waals surface area contributed by atoms with E-state index in [2.05, 4.69) is 10.3 Å². The molecule has 2 aromatic rings. The summed E-state index contributed by atoms with van der Waals surface area (Å²) in [6.07, 6.45) is 1.53. The molecular weight excluding hydrogens is 442 g/mol. The van der Waals surface area contributed by atoms with Crippen LogP contribution < -0.4 is 19.7 Å². The molecule has 0 fully saturated rings. The first-order valence-electron chi connectivity index (χ1n) is 9.77. The lowest BCUT2D eigenvalue weighted by atomic mass is 10.0. The largest absolute Gasteiger partial charge is 0.497 e. The van der Waals surface area contributed by atoms with E-state index in [1.54, 1.807) is 25.1 Å². The number of benzene rings is 2. The molecule has 0 saturated carbocycles. The smallest absolute Gasteiger partial charge is 0.256 e. The van der Waals surface area contributed by atoms with E-state index in [4.69, 9.17) is 21.1 Å². The first-order valence-corrected chi connectivity index (χ1v) is 10.1. The van der Waals surface area contributed by atoms with Crippen molar-refractivity contribution >= 4 is 40.4 Å². The maximum absolute atomic E-state index is 12.8. The van der Waals surface area contributed by atoms with Gasteiger partial charge in [-0.05, 0) is 55.0 Å². The Morgan fingerprint density at radius 3 is 2.12 bits per heavy atom. The Kier molecular flexibility index (Phi) is 8.43. The summed E-state index contributed by atoms with van der Waals surface area (Å²) in [4.78, 5) is 32.1. The van der Waals surface area contributed by atoms with Gasteiger partial charge in [-0.25, -0.2) is 4.99 Å². The topological polar surface area (TPSA) is 80.2 Å². The maximum Gasteiger partial charge on any atom is 0.256 e. The number of methoxy groups -OCH3 is 2. The van der Waals surface area contributed by atoms with Crippen molar-refractivity contribution in [2.45, 2.75) is 14.4 Å². The Labute approximate surface area is 199 Å². The van der Waals surface area contributed by atoms with Crippen molar-refractivity contribution in [1.29, 1.82) is 0 Å². The summed E-state index contributed by atoms with van der Waals surface area (Å²) >= 11 is 6.28. The van der Waals surface area contributed by atoms with Gasteiger partial charge in [-0.3, -0.25) is 9.59 Å². The lowest BCUT2D eigenvalue weighted by molar-refractivity contribution is -0.112. The highest BCUT2D eigenvalue weighted by molar-refractivity contribution is 6.49. The van der Waals surface area contributed by atoms with Crippen molar-refractivity contribution in [3.8, 4) is 11.5 Å². The number of carbonyl (C=O) groups is 2. The number of carbonyl (C=O) groups excluding carboxylic acids is 2. The highest BCUT2D eigenvalue weighted by atomic mass is 35.5. The summed E-state index contributed by atoms with van der Waals surface area (Å²) in [6, 6.07) is 12.4. The number of ketones is 1. The van der Waals surface area contributed by atoms with Crippen LogP contribution in [0.2, 0.25) is 0 Å². The van der Waals surface area contributed by atoms with Gasteiger partial charge in [-0.15, -0.1) is 0 Å². The van der Waals surface area contributed by atoms with E-state index < -0.39 is 11.7 Å². The number of ether oxygens (including phenoxy) is 2. The van der Waals surface area contributed by atoms with Gasteiger partial charge < -0.3 is 19.7 Å². The Hall–Kier alpha value is -3.58. The Bertz CT molecular complexity index is 1130. The second-order valence-corrected chi connectivity index (χ2v) is 7.67. The van der Waals surface area contributed by atoms with Crippen molar-refractivity contribution in [2.24, 2.45) is 4.99 Å². The summed E-state index contributed by atoms with van der Waals surface area (Å²) < 4.78 is 10.4. The number of halogens is 1. The molecule has 8 heteroatoms. The van der Waals surface area contributed by atoms with Gasteiger partial charge in [0, 0.05) is 31.4 Å². The van der Waals surface area contributed by atoms with Gasteiger partial charge in [0.15, 0.2) is 0 Å². The van der Waals surface area contributed by atoms with E-state index in [9.17, 15) is 9.59 Å². The Morgan fingerprint density at radius 1 is 1.03 bits per heavy atom. The second-order valence-electron chi connectivity index (χ2n) is 7.29. The molecule has 0 unspecified atom stereocenters. The summed E-state index contributed by atoms with van der Waals surface area (Å²) in [5.41, 5.74) is 3.07. The van der Waals surface area contributed by atoms with Crippen LogP contribution in [0.1, 0.15) is 24.7 Å². The number of hydrogen-bond donors (Lipinski definition) is 1. The fraction of sp³-hybridized carbons (Fsp3) is 0.240. The predicted octanol–water partition coefficient (Wildman–Crippen LogP) is 4.89. The fourth-order valence-corrected chi connectivity index (χ4v) is 3.22. The van der Waals surface area contributed by atoms with Crippen LogP contribution in [0.25, 0.3) is 0 Å². The molecule has 33 heavy (non-hydrogen) atoms. The van der Waals surface area contributed by atoms with Crippen LogP contribution in [0.3, 0.4) is 0 Å². The number of nitrogens with one attached hydrogen (secondary N) is 1. The molecule has 0 spiro atoms. The number of rotatable bonds is 6. The van der Waals surface area contributed by atoms with E-state index >= 15 is 0 Å². The fourth-order valence-electron chi connectivity index (χ4n) is 3.02. The first kappa shape index (κ1) is 25.7. The second kappa shape index (κ2) is 10.8. The van der Waals surface area contributed by atoms with E-state index in [1.165, 1.54) is 20.3 Å². The van der Waals surface area contributed by atoms with Crippen LogP contribution in [0, 0.1) is 0 Å². The van der Waals surface area contributed by atoms with E-state index in [1.807, 2.05) is 43.3 Å². The van der Waals surface area contributed by atoms with Gasteiger partial charge in [0.2, 0.25) is 5.78 Å². The molecule has 0 heterocycles. The van der Waals surface area contributed by atoms with Crippen LogP contribution in [0.5, 0.6) is 11.5 Å². The van der Waals surface area contributed by atoms with E-state index in [-0.39, 0.29) is 23.7 Å². The molecule has 1 aliphatic carbocycles. The Morgan fingerprint density at radius 2 is 1.61 bits per heavy atom. The molecular formula is C25H28ClN3O4. The highest BCUT2D eigenvalue weighted by Crippen LogP contribution is 2.27. The number of Topliss-reactive ketones (excluding diaryl/α,β-unsaturated/α-hetero) is 1. The van der Waals surface area contributed by atoms with Crippen molar-refractivity contribution < 1.29 is 19.1 Å². The van der Waals surface area contributed by atoms with Crippen LogP contribution in [0.15, 0.2) is 69.8 Å². The van der Waals surface area contributed by atoms with Crippen molar-refractivity contribution in [3.05, 3.63) is 70.4 Å². The van der Waals surface area contributed by atoms with Gasteiger partial charge in [0.05, 0.1) is 36.3 Å². The Balaban J connectivity index is 0.00000385. The molecule has 0 radical (unpaired) electrons. The zero-order chi connectivity index (χ0) is 23.4. The lowest BCUT2D eigenvalue weighted by Gasteiger charge is -2.17. The quantitative estimate of drug-likeness (QED) is 0.609. The maximum atomic E-state index is 12.8. The van der Waals surface area contributed by atoms with Crippen LogP contribution in [-0.2, 0) is 4.79 Å². The van der Waals surface area contributed by atoms with Crippen molar-refractivity contribution in [3.63, 3.8) is 0 Å². The zero-order valence-electron chi connectivity index (χ0n) is 18.5. The normalized spacial score (nSPS) is 14.4. The summed E-state index contributed by atoms with van der Waals surface area (Å²) in [6.45, 7) is 1.72. The molecule has 1 N–H and O–H groups in total. The van der Waals surface area contributed by atoms with Gasteiger partial charge in [-0.2, -0.15) is 0 Å². The van der Waals surface area contributed by atoms with Crippen LogP contribution >= 0.6 is 11.6 Å². The summed E-state index contributed by atoms with van der Waals surface area (Å²) in [5, 5.41) is 2.64. The minimum absolute atomic E-state index is 0. The molecule has 3 rings (SSSR count). The van der Waals surface area contributed by atoms with Gasteiger partial charge in [-0.1, -0.05) is 19.0 Å². The standard InChI is InChI=1S/C24H24ClN3O4.CH4/c1-14-20(26-16-6-8-17(9-7-16)28(2)3)13-21(23(29)22(14)25)27-24(30)15-10-18(31-4)12-19(11-15)32-5;/h6-13H,1-5H3,(H,27,30);1H4. The molecule has 1 amide bonds. The van der Waals surface area contributed by atoms with Gasteiger partial charge in [0.25, 0.3) is 5.91 Å². The zero-order valence-corrected chi connectivity index (χ0v) is 19.3. The first-order chi connectivity index (χ1) is 15.2. The molecule has 174 valence electrons. The molecule has 2 aromatic carbocycles.